The molecule has 0 spiro atoms. The largest absolute Gasteiger partial charge is 0.356 e. The predicted octanol–water partition coefficient (Wildman–Crippen LogP) is 1.67. The van der Waals surface area contributed by atoms with E-state index in [4.69, 9.17) is 4.74 Å². The minimum absolute atomic E-state index is 0.189. The van der Waals surface area contributed by atoms with Crippen LogP contribution in [0.3, 0.4) is 0 Å². The summed E-state index contributed by atoms with van der Waals surface area (Å²) in [6.45, 7) is 10.3. The second-order valence-corrected chi connectivity index (χ2v) is 4.59. The molecule has 1 atom stereocenters. The van der Waals surface area contributed by atoms with Crippen LogP contribution in [-0.4, -0.2) is 36.6 Å². The molecule has 3 heteroatoms. The molecule has 0 saturated carbocycles. The molecule has 0 amide bonds. The number of methoxy groups -OCH3 is 1. The average molecular weight is 189 g/mol. The van der Waals surface area contributed by atoms with Crippen molar-refractivity contribution in [3.8, 4) is 0 Å². The van der Waals surface area contributed by atoms with Crippen LogP contribution in [0.4, 0.5) is 0 Å². The third kappa shape index (κ3) is 6.02. The van der Waals surface area contributed by atoms with Crippen molar-refractivity contribution < 1.29 is 9.84 Å². The van der Waals surface area contributed by atoms with Crippen molar-refractivity contribution >= 4 is 0 Å². The van der Waals surface area contributed by atoms with Crippen LogP contribution in [0, 0.1) is 5.41 Å². The molecule has 0 aliphatic heterocycles. The fraction of sp³-hybridized carbons (Fsp3) is 1.00. The molecule has 80 valence electrons. The summed E-state index contributed by atoms with van der Waals surface area (Å²) in [4.78, 5) is 1.94. The Morgan fingerprint density at radius 1 is 1.38 bits per heavy atom. The first-order valence-corrected chi connectivity index (χ1v) is 4.85. The summed E-state index contributed by atoms with van der Waals surface area (Å²) in [6.07, 6.45) is 0.260. The van der Waals surface area contributed by atoms with Gasteiger partial charge in [0.05, 0.1) is 0 Å². The fourth-order valence-corrected chi connectivity index (χ4v) is 1.31. The van der Waals surface area contributed by atoms with Crippen molar-refractivity contribution in [3.05, 3.63) is 0 Å². The normalized spacial score (nSPS) is 15.0. The minimum atomic E-state index is -0.765. The molecule has 0 aromatic carbocycles. The first-order valence-electron chi connectivity index (χ1n) is 4.85. The first kappa shape index (κ1) is 12.9. The van der Waals surface area contributed by atoms with Gasteiger partial charge in [-0.05, 0) is 11.8 Å². The summed E-state index contributed by atoms with van der Waals surface area (Å²) in [6, 6.07) is 0. The molecule has 1 N–H and O–H groups in total. The van der Waals surface area contributed by atoms with Gasteiger partial charge in [-0.2, -0.15) is 0 Å². The SMILES string of the molecule is CCCN(CC(C)(C)C)C(O)OC. The standard InChI is InChI=1S/C10H23NO2/c1-6-7-11(9(12)13-5)8-10(2,3)4/h9,12H,6-8H2,1-5H3. The van der Waals surface area contributed by atoms with Crippen LogP contribution in [0.5, 0.6) is 0 Å². The first-order chi connectivity index (χ1) is 5.90. The van der Waals surface area contributed by atoms with Crippen LogP contribution in [0.25, 0.3) is 0 Å². The number of ether oxygens (including phenoxy) is 1. The molecule has 0 rings (SSSR count). The Labute approximate surface area is 81.7 Å². The van der Waals surface area contributed by atoms with E-state index < -0.39 is 6.41 Å². The average Bonchev–Trinajstić information content (AvgIpc) is 2.00. The quantitative estimate of drug-likeness (QED) is 0.668. The van der Waals surface area contributed by atoms with Gasteiger partial charge in [-0.25, -0.2) is 0 Å². The second-order valence-electron chi connectivity index (χ2n) is 4.59. The molecule has 0 aromatic rings. The van der Waals surface area contributed by atoms with E-state index >= 15 is 0 Å². The van der Waals surface area contributed by atoms with Gasteiger partial charge in [0.25, 0.3) is 0 Å². The lowest BCUT2D eigenvalue weighted by Crippen LogP contribution is -2.42. The van der Waals surface area contributed by atoms with Gasteiger partial charge in [-0.15, -0.1) is 0 Å². The van der Waals surface area contributed by atoms with Gasteiger partial charge >= 0.3 is 0 Å². The molecule has 0 radical (unpaired) electrons. The topological polar surface area (TPSA) is 32.7 Å². The van der Waals surface area contributed by atoms with Crippen molar-refractivity contribution in [1.82, 2.24) is 4.90 Å². The molecule has 0 aliphatic carbocycles. The fourth-order valence-electron chi connectivity index (χ4n) is 1.31. The summed E-state index contributed by atoms with van der Waals surface area (Å²) in [7, 11) is 1.52. The Balaban J connectivity index is 4.09. The molecule has 0 aromatic heterocycles. The molecule has 0 fully saturated rings. The Bertz CT molecular complexity index is 131. The zero-order valence-electron chi connectivity index (χ0n) is 9.50. The molecule has 0 heterocycles. The Kier molecular flexibility index (Phi) is 5.53. The number of rotatable bonds is 5. The number of nitrogens with zero attached hydrogens (tertiary/aromatic N) is 1. The molecular weight excluding hydrogens is 166 g/mol. The van der Waals surface area contributed by atoms with Gasteiger partial charge in [0.15, 0.2) is 0 Å². The molecule has 0 saturated heterocycles. The highest BCUT2D eigenvalue weighted by Gasteiger charge is 2.20. The lowest BCUT2D eigenvalue weighted by molar-refractivity contribution is -0.183. The molecule has 0 aliphatic rings. The summed E-state index contributed by atoms with van der Waals surface area (Å²) in [5.74, 6) is 0. The van der Waals surface area contributed by atoms with Crippen LogP contribution in [0.1, 0.15) is 34.1 Å². The maximum absolute atomic E-state index is 9.52. The van der Waals surface area contributed by atoms with E-state index in [1.807, 2.05) is 4.90 Å². The van der Waals surface area contributed by atoms with E-state index in [9.17, 15) is 5.11 Å². The van der Waals surface area contributed by atoms with Gasteiger partial charge in [-0.3, -0.25) is 4.90 Å². The molecular formula is C10H23NO2. The lowest BCUT2D eigenvalue weighted by atomic mass is 9.96. The lowest BCUT2D eigenvalue weighted by Gasteiger charge is -2.32. The number of aliphatic hydroxyl groups is 1. The third-order valence-corrected chi connectivity index (χ3v) is 1.71. The van der Waals surface area contributed by atoms with Crippen LogP contribution < -0.4 is 0 Å². The third-order valence-electron chi connectivity index (χ3n) is 1.71. The molecule has 3 nitrogen and oxygen atoms in total. The zero-order chi connectivity index (χ0) is 10.5. The number of hydrogen-bond donors (Lipinski definition) is 1. The summed E-state index contributed by atoms with van der Waals surface area (Å²) in [5.41, 5.74) is 0.189. The summed E-state index contributed by atoms with van der Waals surface area (Å²) in [5, 5.41) is 9.52. The van der Waals surface area contributed by atoms with Gasteiger partial charge in [-0.1, -0.05) is 27.7 Å². The highest BCUT2D eigenvalue weighted by molar-refractivity contribution is 4.68. The number of hydrogen-bond acceptors (Lipinski definition) is 3. The van der Waals surface area contributed by atoms with Crippen molar-refractivity contribution in [1.29, 1.82) is 0 Å². The molecule has 0 bridgehead atoms. The van der Waals surface area contributed by atoms with Crippen molar-refractivity contribution in [2.24, 2.45) is 5.41 Å². The predicted molar refractivity (Wildman–Crippen MR) is 54.3 cm³/mol. The van der Waals surface area contributed by atoms with Crippen molar-refractivity contribution in [2.45, 2.75) is 40.5 Å². The second kappa shape index (κ2) is 5.58. The van der Waals surface area contributed by atoms with Gasteiger partial charge in [0, 0.05) is 20.2 Å². The maximum Gasteiger partial charge on any atom is 0.215 e. The van der Waals surface area contributed by atoms with E-state index in [1.165, 1.54) is 7.11 Å². The maximum atomic E-state index is 9.52. The van der Waals surface area contributed by atoms with Crippen LogP contribution in [0.2, 0.25) is 0 Å². The highest BCUT2D eigenvalue weighted by atomic mass is 16.6. The Hall–Kier alpha value is -0.120. The van der Waals surface area contributed by atoms with Crippen LogP contribution >= 0.6 is 0 Å². The van der Waals surface area contributed by atoms with E-state index in [0.29, 0.717) is 0 Å². The van der Waals surface area contributed by atoms with Crippen LogP contribution in [0.15, 0.2) is 0 Å². The summed E-state index contributed by atoms with van der Waals surface area (Å²) < 4.78 is 4.89. The van der Waals surface area contributed by atoms with E-state index in [2.05, 4.69) is 27.7 Å². The van der Waals surface area contributed by atoms with E-state index in [1.54, 1.807) is 0 Å². The monoisotopic (exact) mass is 189 g/mol. The van der Waals surface area contributed by atoms with Gasteiger partial charge in [0.1, 0.15) is 0 Å². The Morgan fingerprint density at radius 3 is 2.23 bits per heavy atom. The van der Waals surface area contributed by atoms with Crippen molar-refractivity contribution in [2.75, 3.05) is 20.2 Å². The highest BCUT2D eigenvalue weighted by Crippen LogP contribution is 2.16. The summed E-state index contributed by atoms with van der Waals surface area (Å²) >= 11 is 0. The van der Waals surface area contributed by atoms with E-state index in [-0.39, 0.29) is 5.41 Å². The Morgan fingerprint density at radius 2 is 1.92 bits per heavy atom. The van der Waals surface area contributed by atoms with Gasteiger partial charge in [0.2, 0.25) is 6.41 Å². The molecule has 1 unspecified atom stereocenters. The van der Waals surface area contributed by atoms with Gasteiger partial charge < -0.3 is 9.84 Å². The smallest absolute Gasteiger partial charge is 0.215 e. The minimum Gasteiger partial charge on any atom is -0.356 e. The van der Waals surface area contributed by atoms with Crippen LogP contribution in [-0.2, 0) is 4.74 Å². The van der Waals surface area contributed by atoms with Crippen molar-refractivity contribution in [3.63, 3.8) is 0 Å². The number of aliphatic hydroxyl groups excluding tert-OH is 1. The molecule has 13 heavy (non-hydrogen) atoms. The zero-order valence-corrected chi connectivity index (χ0v) is 9.50. The van der Waals surface area contributed by atoms with E-state index in [0.717, 1.165) is 19.5 Å².